The highest BCUT2D eigenvalue weighted by atomic mass is 32.2. The van der Waals surface area contributed by atoms with Crippen molar-refractivity contribution in [1.29, 1.82) is 0 Å². The number of carbonyl (C=O) groups is 1. The molecule has 0 radical (unpaired) electrons. The number of nitrogens with zero attached hydrogens (tertiary/aromatic N) is 2. The van der Waals surface area contributed by atoms with Gasteiger partial charge in [-0.1, -0.05) is 25.0 Å². The van der Waals surface area contributed by atoms with E-state index in [2.05, 4.69) is 29.6 Å². The quantitative estimate of drug-likeness (QED) is 0.411. The predicted octanol–water partition coefficient (Wildman–Crippen LogP) is 3.51. The lowest BCUT2D eigenvalue weighted by Gasteiger charge is -2.33. The number of benzene rings is 1. The Hall–Kier alpha value is -1.74. The zero-order valence-corrected chi connectivity index (χ0v) is 17.9. The molecule has 1 aliphatic heterocycles. The van der Waals surface area contributed by atoms with Crippen LogP contribution in [0.1, 0.15) is 36.8 Å². The summed E-state index contributed by atoms with van der Waals surface area (Å²) in [6, 6.07) is 7.64. The number of fused-ring (bicyclic) bond motifs is 1. The maximum Gasteiger partial charge on any atom is 0.233 e. The summed E-state index contributed by atoms with van der Waals surface area (Å²) in [5.41, 5.74) is 4.44. The number of carbonyl (C=O) groups excluding carboxylic acids is 1. The van der Waals surface area contributed by atoms with Crippen LogP contribution < -0.4 is 0 Å². The van der Waals surface area contributed by atoms with E-state index < -0.39 is 16.1 Å². The van der Waals surface area contributed by atoms with Gasteiger partial charge in [-0.3, -0.25) is 10.0 Å². The number of rotatable bonds is 7. The first kappa shape index (κ1) is 20.5. The minimum absolute atomic E-state index is 0.0299. The Morgan fingerprint density at radius 1 is 1.21 bits per heavy atom. The van der Waals surface area contributed by atoms with Crippen LogP contribution in [0.3, 0.4) is 0 Å². The highest BCUT2D eigenvalue weighted by Crippen LogP contribution is 2.32. The van der Waals surface area contributed by atoms with Crippen molar-refractivity contribution in [3.05, 3.63) is 46.2 Å². The lowest BCUT2D eigenvalue weighted by Crippen LogP contribution is -2.47. The first-order chi connectivity index (χ1) is 14.0. The summed E-state index contributed by atoms with van der Waals surface area (Å²) >= 11 is 1.64. The van der Waals surface area contributed by atoms with Gasteiger partial charge in [-0.25, -0.2) is 13.5 Å². The molecular formula is C21H26N2O4S2. The number of hydroxylamine groups is 2. The highest BCUT2D eigenvalue weighted by molar-refractivity contribution is 7.89. The van der Waals surface area contributed by atoms with E-state index in [0.29, 0.717) is 31.0 Å². The number of amides is 1. The van der Waals surface area contributed by atoms with Gasteiger partial charge in [0.2, 0.25) is 16.4 Å². The molecule has 1 aliphatic carbocycles. The molecule has 0 saturated heterocycles. The Morgan fingerprint density at radius 3 is 2.69 bits per heavy atom. The smallest absolute Gasteiger partial charge is 0.233 e. The van der Waals surface area contributed by atoms with Gasteiger partial charge in [0.25, 0.3) is 0 Å². The molecule has 8 heteroatoms. The van der Waals surface area contributed by atoms with Crippen LogP contribution in [0.5, 0.6) is 0 Å². The van der Waals surface area contributed by atoms with E-state index in [-0.39, 0.29) is 11.7 Å². The SMILES string of the molecule is O=CN(O)C(CS(=O)(=O)N1CCc2ccc(-c3ccsc3)cc2C1)C1CCCC1. The summed E-state index contributed by atoms with van der Waals surface area (Å²) in [4.78, 5) is 11.1. The lowest BCUT2D eigenvalue weighted by atomic mass is 9.96. The van der Waals surface area contributed by atoms with Crippen molar-refractivity contribution in [1.82, 2.24) is 9.37 Å². The van der Waals surface area contributed by atoms with E-state index in [1.54, 1.807) is 11.3 Å². The molecule has 1 N–H and O–H groups in total. The Labute approximate surface area is 175 Å². The number of sulfonamides is 1. The maximum absolute atomic E-state index is 13.2. The fourth-order valence-corrected chi connectivity index (χ4v) is 6.98. The molecule has 0 spiro atoms. The van der Waals surface area contributed by atoms with E-state index in [1.165, 1.54) is 9.87 Å². The van der Waals surface area contributed by atoms with Crippen molar-refractivity contribution >= 4 is 27.8 Å². The van der Waals surface area contributed by atoms with E-state index >= 15 is 0 Å². The molecule has 1 amide bonds. The molecular weight excluding hydrogens is 408 g/mol. The second-order valence-electron chi connectivity index (χ2n) is 7.95. The molecule has 2 aromatic rings. The molecule has 1 aromatic heterocycles. The van der Waals surface area contributed by atoms with E-state index in [4.69, 9.17) is 0 Å². The minimum atomic E-state index is -3.61. The molecule has 0 bridgehead atoms. The summed E-state index contributed by atoms with van der Waals surface area (Å²) in [6.45, 7) is 0.760. The molecule has 1 saturated carbocycles. The van der Waals surface area contributed by atoms with Crippen LogP contribution in [-0.4, -0.2) is 47.7 Å². The van der Waals surface area contributed by atoms with Crippen molar-refractivity contribution in [3.63, 3.8) is 0 Å². The van der Waals surface area contributed by atoms with Crippen LogP contribution in [0.2, 0.25) is 0 Å². The van der Waals surface area contributed by atoms with Gasteiger partial charge in [0.15, 0.2) is 0 Å². The standard InChI is InChI=1S/C21H26N2O4S2/c24-15-23(25)21(17-3-1-2-4-17)14-29(26,27)22-9-7-16-5-6-18(11-20(16)12-22)19-8-10-28-13-19/h5-6,8,10-11,13,15,17,21,25H,1-4,7,9,12,14H2. The van der Waals surface area contributed by atoms with E-state index in [0.717, 1.165) is 42.4 Å². The van der Waals surface area contributed by atoms with Crippen LogP contribution in [0.15, 0.2) is 35.0 Å². The molecule has 6 nitrogen and oxygen atoms in total. The first-order valence-electron chi connectivity index (χ1n) is 10.0. The van der Waals surface area contributed by atoms with Crippen LogP contribution in [-0.2, 0) is 27.8 Å². The van der Waals surface area contributed by atoms with Crippen molar-refractivity contribution in [2.45, 2.75) is 44.7 Å². The van der Waals surface area contributed by atoms with E-state index in [9.17, 15) is 18.4 Å². The summed E-state index contributed by atoms with van der Waals surface area (Å²) in [7, 11) is -3.61. The maximum atomic E-state index is 13.2. The summed E-state index contributed by atoms with van der Waals surface area (Å²) < 4.78 is 27.8. The second-order valence-corrected chi connectivity index (χ2v) is 10.7. The Morgan fingerprint density at radius 2 is 2.00 bits per heavy atom. The highest BCUT2D eigenvalue weighted by Gasteiger charge is 2.36. The normalized spacial score (nSPS) is 19.1. The average molecular weight is 435 g/mol. The van der Waals surface area contributed by atoms with Gasteiger partial charge in [-0.15, -0.1) is 0 Å². The van der Waals surface area contributed by atoms with Gasteiger partial charge in [-0.2, -0.15) is 15.6 Å². The number of hydrogen-bond acceptors (Lipinski definition) is 5. The third kappa shape index (κ3) is 4.40. The van der Waals surface area contributed by atoms with Gasteiger partial charge in [-0.05, 0) is 70.3 Å². The zero-order valence-electron chi connectivity index (χ0n) is 16.2. The van der Waals surface area contributed by atoms with Gasteiger partial charge in [0.1, 0.15) is 0 Å². The van der Waals surface area contributed by atoms with Crippen molar-refractivity contribution in [2.75, 3.05) is 12.3 Å². The number of hydrogen-bond donors (Lipinski definition) is 1. The van der Waals surface area contributed by atoms with Crippen LogP contribution >= 0.6 is 11.3 Å². The summed E-state index contributed by atoms with van der Waals surface area (Å²) in [5.74, 6) is -0.200. The summed E-state index contributed by atoms with van der Waals surface area (Å²) in [5, 5.41) is 14.7. The van der Waals surface area contributed by atoms with E-state index in [1.807, 2.05) is 5.38 Å². The molecule has 2 aliphatic rings. The lowest BCUT2D eigenvalue weighted by molar-refractivity contribution is -0.162. The molecule has 1 unspecified atom stereocenters. The third-order valence-corrected chi connectivity index (χ3v) is 8.75. The summed E-state index contributed by atoms with van der Waals surface area (Å²) in [6.07, 6.45) is 4.71. The van der Waals surface area contributed by atoms with Crippen molar-refractivity contribution in [2.24, 2.45) is 5.92 Å². The van der Waals surface area contributed by atoms with Gasteiger partial charge in [0.05, 0.1) is 11.8 Å². The van der Waals surface area contributed by atoms with Gasteiger partial charge in [0, 0.05) is 13.1 Å². The molecule has 1 aromatic carbocycles. The van der Waals surface area contributed by atoms with Crippen LogP contribution in [0, 0.1) is 5.92 Å². The fourth-order valence-electron chi connectivity index (χ4n) is 4.55. The third-order valence-electron chi connectivity index (χ3n) is 6.20. The molecule has 1 fully saturated rings. The van der Waals surface area contributed by atoms with Crippen molar-refractivity contribution in [3.8, 4) is 11.1 Å². The largest absolute Gasteiger partial charge is 0.286 e. The minimum Gasteiger partial charge on any atom is -0.286 e. The number of thiophene rings is 1. The Balaban J connectivity index is 1.53. The van der Waals surface area contributed by atoms with Gasteiger partial charge >= 0.3 is 0 Å². The average Bonchev–Trinajstić information content (AvgIpc) is 3.45. The second kappa shape index (κ2) is 8.55. The topological polar surface area (TPSA) is 77.9 Å². The first-order valence-corrected chi connectivity index (χ1v) is 12.6. The molecule has 29 heavy (non-hydrogen) atoms. The fraction of sp³-hybridized carbons (Fsp3) is 0.476. The van der Waals surface area contributed by atoms with Crippen molar-refractivity contribution < 1.29 is 18.4 Å². The van der Waals surface area contributed by atoms with Crippen LogP contribution in [0.25, 0.3) is 11.1 Å². The zero-order chi connectivity index (χ0) is 20.4. The molecule has 4 rings (SSSR count). The van der Waals surface area contributed by atoms with Crippen LogP contribution in [0.4, 0.5) is 0 Å². The Kier molecular flexibility index (Phi) is 6.06. The van der Waals surface area contributed by atoms with Gasteiger partial charge < -0.3 is 0 Å². The monoisotopic (exact) mass is 434 g/mol. The molecule has 2 heterocycles. The molecule has 156 valence electrons. The predicted molar refractivity (Wildman–Crippen MR) is 113 cm³/mol. The molecule has 1 atom stereocenters. The Bertz CT molecular complexity index is 953.